The highest BCUT2D eigenvalue weighted by Gasteiger charge is 2.19. The first-order valence-electron chi connectivity index (χ1n) is 5.44. The molecule has 0 bridgehead atoms. The van der Waals surface area contributed by atoms with E-state index in [0.717, 1.165) is 5.69 Å². The van der Waals surface area contributed by atoms with Crippen molar-refractivity contribution in [2.24, 2.45) is 7.05 Å². The maximum absolute atomic E-state index is 12.2. The monoisotopic (exact) mass is 259 g/mol. The van der Waals surface area contributed by atoms with Crippen molar-refractivity contribution in [1.82, 2.24) is 14.7 Å². The van der Waals surface area contributed by atoms with Gasteiger partial charge in [-0.25, -0.2) is 0 Å². The van der Waals surface area contributed by atoms with Crippen LogP contribution in [0, 0.1) is 6.92 Å². The lowest BCUT2D eigenvalue weighted by molar-refractivity contribution is 0.0707. The highest BCUT2D eigenvalue weighted by atomic mass is 35.5. The number of aryl methyl sites for hydroxylation is 2. The number of amides is 1. The second-order valence-corrected chi connectivity index (χ2v) is 4.15. The summed E-state index contributed by atoms with van der Waals surface area (Å²) < 4.78 is 6.62. The zero-order valence-corrected chi connectivity index (χ0v) is 11.2. The summed E-state index contributed by atoms with van der Waals surface area (Å²) in [7, 11) is 3.41. The van der Waals surface area contributed by atoms with Crippen LogP contribution < -0.4 is 0 Å². The lowest BCUT2D eigenvalue weighted by Gasteiger charge is -2.20. The van der Waals surface area contributed by atoms with E-state index in [1.54, 1.807) is 29.9 Å². The van der Waals surface area contributed by atoms with Gasteiger partial charge in [-0.3, -0.25) is 9.48 Å². The number of hydrogen-bond donors (Lipinski definition) is 0. The molecule has 1 aromatic rings. The van der Waals surface area contributed by atoms with Crippen molar-refractivity contribution in [2.75, 3.05) is 32.7 Å². The maximum atomic E-state index is 12.2. The van der Waals surface area contributed by atoms with Crippen molar-refractivity contribution in [3.05, 3.63) is 17.5 Å². The molecule has 6 heteroatoms. The third-order valence-corrected chi connectivity index (χ3v) is 2.62. The molecule has 0 N–H and O–H groups in total. The van der Waals surface area contributed by atoms with Crippen LogP contribution in [0.15, 0.2) is 6.20 Å². The average molecular weight is 260 g/mol. The molecule has 96 valence electrons. The first kappa shape index (κ1) is 14.0. The Morgan fingerprint density at radius 2 is 2.29 bits per heavy atom. The van der Waals surface area contributed by atoms with E-state index < -0.39 is 0 Å². The number of hydrogen-bond acceptors (Lipinski definition) is 3. The van der Waals surface area contributed by atoms with Gasteiger partial charge in [-0.05, 0) is 6.92 Å². The number of alkyl halides is 1. The number of carbonyl (C=O) groups is 1. The van der Waals surface area contributed by atoms with E-state index in [1.807, 2.05) is 6.92 Å². The van der Waals surface area contributed by atoms with Crippen LogP contribution in [0.2, 0.25) is 0 Å². The van der Waals surface area contributed by atoms with Crippen LogP contribution in [0.4, 0.5) is 0 Å². The average Bonchev–Trinajstić information content (AvgIpc) is 2.63. The molecule has 0 atom stereocenters. The van der Waals surface area contributed by atoms with Crippen LogP contribution in [-0.2, 0) is 11.8 Å². The number of ether oxygens (including phenoxy) is 1. The number of aromatic nitrogens is 2. The fourth-order valence-electron chi connectivity index (χ4n) is 1.60. The van der Waals surface area contributed by atoms with Crippen molar-refractivity contribution < 1.29 is 9.53 Å². The second-order valence-electron chi connectivity index (χ2n) is 3.78. The van der Waals surface area contributed by atoms with Gasteiger partial charge in [-0.2, -0.15) is 5.10 Å². The summed E-state index contributed by atoms with van der Waals surface area (Å²) in [5.41, 5.74) is 1.35. The molecule has 0 saturated heterocycles. The Labute approximate surface area is 106 Å². The molecule has 1 rings (SSSR count). The Hall–Kier alpha value is -1.07. The fourth-order valence-corrected chi connectivity index (χ4v) is 1.80. The molecule has 0 spiro atoms. The van der Waals surface area contributed by atoms with Gasteiger partial charge in [0, 0.05) is 39.3 Å². The number of methoxy groups -OCH3 is 1. The lowest BCUT2D eigenvalue weighted by Crippen LogP contribution is -2.35. The van der Waals surface area contributed by atoms with E-state index in [2.05, 4.69) is 5.10 Å². The lowest BCUT2D eigenvalue weighted by atomic mass is 10.2. The SMILES string of the molecule is COCCN(CCCl)C(=O)c1cn(C)nc1C. The van der Waals surface area contributed by atoms with E-state index >= 15 is 0 Å². The molecule has 0 aliphatic carbocycles. The smallest absolute Gasteiger partial charge is 0.257 e. The summed E-state index contributed by atoms with van der Waals surface area (Å²) in [6.07, 6.45) is 1.73. The summed E-state index contributed by atoms with van der Waals surface area (Å²) in [5, 5.41) is 4.16. The molecule has 1 aromatic heterocycles. The predicted octanol–water partition coefficient (Wildman–Crippen LogP) is 1.06. The van der Waals surface area contributed by atoms with Crippen molar-refractivity contribution in [3.63, 3.8) is 0 Å². The molecule has 0 unspecified atom stereocenters. The molecule has 0 aliphatic rings. The minimum Gasteiger partial charge on any atom is -0.383 e. The number of rotatable bonds is 6. The first-order chi connectivity index (χ1) is 8.10. The second kappa shape index (κ2) is 6.61. The van der Waals surface area contributed by atoms with Crippen molar-refractivity contribution in [1.29, 1.82) is 0 Å². The Morgan fingerprint density at radius 1 is 1.59 bits per heavy atom. The Kier molecular flexibility index (Phi) is 5.44. The van der Waals surface area contributed by atoms with Gasteiger partial charge in [-0.15, -0.1) is 11.6 Å². The highest BCUT2D eigenvalue weighted by molar-refractivity contribution is 6.18. The summed E-state index contributed by atoms with van der Waals surface area (Å²) >= 11 is 5.70. The molecule has 0 radical (unpaired) electrons. The van der Waals surface area contributed by atoms with Gasteiger partial charge in [0.1, 0.15) is 0 Å². The molecule has 0 aromatic carbocycles. The molecule has 0 saturated carbocycles. The minimum atomic E-state index is -0.0479. The number of halogens is 1. The van der Waals surface area contributed by atoms with Crippen molar-refractivity contribution in [3.8, 4) is 0 Å². The molecule has 17 heavy (non-hydrogen) atoms. The van der Waals surface area contributed by atoms with Crippen LogP contribution in [0.1, 0.15) is 16.1 Å². The van der Waals surface area contributed by atoms with Gasteiger partial charge in [-0.1, -0.05) is 0 Å². The van der Waals surface area contributed by atoms with Gasteiger partial charge in [0.05, 0.1) is 17.9 Å². The molecule has 1 amide bonds. The fraction of sp³-hybridized carbons (Fsp3) is 0.636. The summed E-state index contributed by atoms with van der Waals surface area (Å²) in [4.78, 5) is 13.9. The molecule has 1 heterocycles. The highest BCUT2D eigenvalue weighted by Crippen LogP contribution is 2.09. The van der Waals surface area contributed by atoms with Crippen LogP contribution in [0.5, 0.6) is 0 Å². The zero-order valence-electron chi connectivity index (χ0n) is 10.4. The molecule has 0 aliphatic heterocycles. The van der Waals surface area contributed by atoms with Crippen molar-refractivity contribution >= 4 is 17.5 Å². The Balaban J connectivity index is 2.79. The molecule has 0 fully saturated rings. The van der Waals surface area contributed by atoms with E-state index in [1.165, 1.54) is 0 Å². The van der Waals surface area contributed by atoms with E-state index in [4.69, 9.17) is 16.3 Å². The number of nitrogens with zero attached hydrogens (tertiary/aromatic N) is 3. The van der Waals surface area contributed by atoms with Crippen LogP contribution in [-0.4, -0.2) is 53.3 Å². The number of carbonyl (C=O) groups excluding carboxylic acids is 1. The van der Waals surface area contributed by atoms with Gasteiger partial charge < -0.3 is 9.64 Å². The third-order valence-electron chi connectivity index (χ3n) is 2.45. The van der Waals surface area contributed by atoms with E-state index in [0.29, 0.717) is 31.1 Å². The van der Waals surface area contributed by atoms with Crippen LogP contribution in [0.25, 0.3) is 0 Å². The van der Waals surface area contributed by atoms with Gasteiger partial charge in [0.25, 0.3) is 5.91 Å². The quantitative estimate of drug-likeness (QED) is 0.718. The minimum absolute atomic E-state index is 0.0479. The summed E-state index contributed by atoms with van der Waals surface area (Å²) in [5.74, 6) is 0.364. The molecular formula is C11H18ClN3O2. The Morgan fingerprint density at radius 3 is 2.76 bits per heavy atom. The molecular weight excluding hydrogens is 242 g/mol. The maximum Gasteiger partial charge on any atom is 0.257 e. The van der Waals surface area contributed by atoms with Crippen molar-refractivity contribution in [2.45, 2.75) is 6.92 Å². The van der Waals surface area contributed by atoms with Gasteiger partial charge in [0.15, 0.2) is 0 Å². The zero-order chi connectivity index (χ0) is 12.8. The van der Waals surface area contributed by atoms with Gasteiger partial charge in [0.2, 0.25) is 0 Å². The normalized spacial score (nSPS) is 10.6. The van der Waals surface area contributed by atoms with E-state index in [9.17, 15) is 4.79 Å². The first-order valence-corrected chi connectivity index (χ1v) is 5.98. The molecule has 5 nitrogen and oxygen atoms in total. The Bertz CT molecular complexity index is 379. The third kappa shape index (κ3) is 3.71. The van der Waals surface area contributed by atoms with Crippen LogP contribution >= 0.6 is 11.6 Å². The van der Waals surface area contributed by atoms with E-state index in [-0.39, 0.29) is 5.91 Å². The van der Waals surface area contributed by atoms with Gasteiger partial charge >= 0.3 is 0 Å². The summed E-state index contributed by atoms with van der Waals surface area (Å²) in [6.45, 7) is 3.37. The summed E-state index contributed by atoms with van der Waals surface area (Å²) in [6, 6.07) is 0. The standard InChI is InChI=1S/C11H18ClN3O2/c1-9-10(8-14(2)13-9)11(16)15(5-4-12)6-7-17-3/h8H,4-7H2,1-3H3. The van der Waals surface area contributed by atoms with Crippen LogP contribution in [0.3, 0.4) is 0 Å². The predicted molar refractivity (Wildman–Crippen MR) is 66.4 cm³/mol. The topological polar surface area (TPSA) is 47.4 Å². The largest absolute Gasteiger partial charge is 0.383 e.